The molecule has 268 valence electrons. The minimum Gasteiger partial charge on any atom is -0.309 e. The van der Waals surface area contributed by atoms with Crippen LogP contribution in [0.1, 0.15) is 0 Å². The molecule has 6 heteroatoms. The van der Waals surface area contributed by atoms with Crippen LogP contribution in [0.2, 0.25) is 0 Å². The average molecular weight is 731 g/mol. The summed E-state index contributed by atoms with van der Waals surface area (Å²) in [5.41, 5.74) is 10.5. The van der Waals surface area contributed by atoms with E-state index < -0.39 is 0 Å². The Bertz CT molecular complexity index is 3170. The maximum absolute atomic E-state index is 5.19. The Labute approximate surface area is 329 Å². The summed E-state index contributed by atoms with van der Waals surface area (Å²) in [4.78, 5) is 17.8. The topological polar surface area (TPSA) is 51.8 Å². The van der Waals surface area contributed by atoms with Crippen LogP contribution in [-0.2, 0) is 0 Å². The molecule has 0 N–H and O–H groups in total. The molecular formula is C51H34N6. The maximum Gasteiger partial charge on any atom is 0.238 e. The number of anilines is 3. The van der Waals surface area contributed by atoms with Crippen LogP contribution in [0.25, 0.3) is 78.0 Å². The van der Waals surface area contributed by atoms with Crippen LogP contribution in [0, 0.1) is 0 Å². The highest BCUT2D eigenvalue weighted by molar-refractivity contribution is 6.20. The van der Waals surface area contributed by atoms with Crippen molar-refractivity contribution in [2.45, 2.75) is 0 Å². The molecule has 0 saturated carbocycles. The van der Waals surface area contributed by atoms with Gasteiger partial charge in [0.15, 0.2) is 11.6 Å². The van der Waals surface area contributed by atoms with Crippen molar-refractivity contribution in [2.24, 2.45) is 0 Å². The summed E-state index contributed by atoms with van der Waals surface area (Å²) in [6, 6.07) is 72.1. The van der Waals surface area contributed by atoms with Crippen molar-refractivity contribution in [3.05, 3.63) is 206 Å². The van der Waals surface area contributed by atoms with Crippen LogP contribution in [0.5, 0.6) is 0 Å². The Kier molecular flexibility index (Phi) is 7.71. The van der Waals surface area contributed by atoms with Gasteiger partial charge in [-0.05, 0) is 60.7 Å². The monoisotopic (exact) mass is 730 g/mol. The number of aromatic nitrogens is 5. The molecule has 11 aromatic rings. The predicted octanol–water partition coefficient (Wildman–Crippen LogP) is 12.9. The lowest BCUT2D eigenvalue weighted by atomic mass is 10.1. The first-order valence-corrected chi connectivity index (χ1v) is 19.1. The fraction of sp³-hybridized carbons (Fsp3) is 0. The molecule has 3 aromatic heterocycles. The highest BCUT2D eigenvalue weighted by Crippen LogP contribution is 2.47. The van der Waals surface area contributed by atoms with E-state index in [0.29, 0.717) is 17.6 Å². The van der Waals surface area contributed by atoms with E-state index in [1.54, 1.807) is 0 Å². The highest BCUT2D eigenvalue weighted by atomic mass is 15.2. The van der Waals surface area contributed by atoms with Crippen molar-refractivity contribution in [1.82, 2.24) is 24.1 Å². The van der Waals surface area contributed by atoms with Crippen LogP contribution < -0.4 is 4.90 Å². The van der Waals surface area contributed by atoms with Gasteiger partial charge in [0, 0.05) is 44.0 Å². The molecular weight excluding hydrogens is 697 g/mol. The van der Waals surface area contributed by atoms with E-state index >= 15 is 0 Å². The van der Waals surface area contributed by atoms with Gasteiger partial charge in [-0.15, -0.1) is 0 Å². The van der Waals surface area contributed by atoms with Gasteiger partial charge in [0.25, 0.3) is 0 Å². The number of hydrogen-bond donors (Lipinski definition) is 0. The second kappa shape index (κ2) is 13.5. The first-order chi connectivity index (χ1) is 28.3. The normalized spacial score (nSPS) is 11.5. The Morgan fingerprint density at radius 2 is 0.754 bits per heavy atom. The lowest BCUT2D eigenvalue weighted by molar-refractivity contribution is 0.953. The molecule has 0 unspecified atom stereocenters. The Morgan fingerprint density at radius 1 is 0.333 bits per heavy atom. The smallest absolute Gasteiger partial charge is 0.238 e. The molecule has 11 rings (SSSR count). The van der Waals surface area contributed by atoms with Crippen molar-refractivity contribution < 1.29 is 0 Å². The third-order valence-corrected chi connectivity index (χ3v) is 10.7. The van der Waals surface area contributed by atoms with E-state index in [1.807, 2.05) is 60.7 Å². The van der Waals surface area contributed by atoms with E-state index in [4.69, 9.17) is 15.0 Å². The van der Waals surface area contributed by atoms with Gasteiger partial charge in [0.1, 0.15) is 0 Å². The average Bonchev–Trinajstić information content (AvgIpc) is 3.82. The van der Waals surface area contributed by atoms with E-state index in [2.05, 4.69) is 160 Å². The summed E-state index contributed by atoms with van der Waals surface area (Å²) in [6.45, 7) is 0. The van der Waals surface area contributed by atoms with Crippen molar-refractivity contribution in [2.75, 3.05) is 4.90 Å². The van der Waals surface area contributed by atoms with Gasteiger partial charge in [-0.3, -0.25) is 4.57 Å². The van der Waals surface area contributed by atoms with Gasteiger partial charge in [-0.2, -0.15) is 9.97 Å². The summed E-state index contributed by atoms with van der Waals surface area (Å²) < 4.78 is 4.57. The minimum absolute atomic E-state index is 0.561. The van der Waals surface area contributed by atoms with Crippen molar-refractivity contribution in [3.63, 3.8) is 0 Å². The predicted molar refractivity (Wildman–Crippen MR) is 234 cm³/mol. The third-order valence-electron chi connectivity index (χ3n) is 10.7. The molecule has 0 saturated heterocycles. The Balaban J connectivity index is 1.22. The van der Waals surface area contributed by atoms with Crippen molar-refractivity contribution in [1.29, 1.82) is 0 Å². The van der Waals surface area contributed by atoms with Gasteiger partial charge < -0.3 is 9.47 Å². The molecule has 0 radical (unpaired) electrons. The van der Waals surface area contributed by atoms with Crippen LogP contribution >= 0.6 is 0 Å². The SMILES string of the molecule is c1ccc(-c2nc(-c3ccccc3)nc(-n3c4ccccc4c4c(N(c5ccccc5)c5cccc6c5c5ccccc5n6-c5ccccc5)cccc43)n2)cc1. The first kappa shape index (κ1) is 32.6. The molecule has 57 heavy (non-hydrogen) atoms. The van der Waals surface area contributed by atoms with Crippen molar-refractivity contribution >= 4 is 60.7 Å². The fourth-order valence-corrected chi connectivity index (χ4v) is 8.33. The lowest BCUT2D eigenvalue weighted by Gasteiger charge is -2.27. The Hall–Kier alpha value is -7.83. The van der Waals surface area contributed by atoms with Gasteiger partial charge >= 0.3 is 0 Å². The Morgan fingerprint density at radius 3 is 1.30 bits per heavy atom. The molecule has 0 fully saturated rings. The molecule has 0 aliphatic heterocycles. The van der Waals surface area contributed by atoms with Crippen molar-refractivity contribution in [3.8, 4) is 34.4 Å². The zero-order chi connectivity index (χ0) is 37.7. The standard InChI is InChI=1S/C51H34N6/c1-5-19-35(20-6-1)49-52-50(36-21-7-2-8-22-36)54-51(53-49)57-42-30-16-14-28-40(42)48-45(33-18-34-46(48)57)56(38-25-11-4-12-26-38)44-32-17-31-43-47(44)39-27-13-15-29-41(39)55(43)37-23-9-3-10-24-37/h1-34H. The number of benzene rings is 8. The molecule has 6 nitrogen and oxygen atoms in total. The molecule has 3 heterocycles. The number of hydrogen-bond acceptors (Lipinski definition) is 4. The van der Waals surface area contributed by atoms with E-state index in [0.717, 1.165) is 66.7 Å². The summed E-state index contributed by atoms with van der Waals surface area (Å²) in [5.74, 6) is 1.80. The second-order valence-electron chi connectivity index (χ2n) is 14.1. The fourth-order valence-electron chi connectivity index (χ4n) is 8.33. The van der Waals surface area contributed by atoms with E-state index in [9.17, 15) is 0 Å². The molecule has 0 atom stereocenters. The number of para-hydroxylation sites is 4. The van der Waals surface area contributed by atoms with Crippen LogP contribution in [0.15, 0.2) is 206 Å². The number of nitrogens with zero attached hydrogens (tertiary/aromatic N) is 6. The van der Waals surface area contributed by atoms with Crippen LogP contribution in [0.4, 0.5) is 17.1 Å². The number of fused-ring (bicyclic) bond motifs is 6. The van der Waals surface area contributed by atoms with Gasteiger partial charge in [0.2, 0.25) is 5.95 Å². The summed E-state index contributed by atoms with van der Waals surface area (Å²) in [7, 11) is 0. The molecule has 0 aliphatic rings. The lowest BCUT2D eigenvalue weighted by Crippen LogP contribution is -2.11. The second-order valence-corrected chi connectivity index (χ2v) is 14.1. The maximum atomic E-state index is 5.19. The van der Waals surface area contributed by atoms with Gasteiger partial charge in [0.05, 0.1) is 33.4 Å². The third kappa shape index (κ3) is 5.38. The summed E-state index contributed by atoms with van der Waals surface area (Å²) >= 11 is 0. The van der Waals surface area contributed by atoms with E-state index in [1.165, 1.54) is 10.8 Å². The van der Waals surface area contributed by atoms with Gasteiger partial charge in [-0.25, -0.2) is 4.98 Å². The molecule has 0 spiro atoms. The minimum atomic E-state index is 0.561. The zero-order valence-corrected chi connectivity index (χ0v) is 30.8. The first-order valence-electron chi connectivity index (χ1n) is 19.1. The number of rotatable bonds is 7. The molecule has 0 aliphatic carbocycles. The van der Waals surface area contributed by atoms with E-state index in [-0.39, 0.29) is 0 Å². The summed E-state index contributed by atoms with van der Waals surface area (Å²) in [6.07, 6.45) is 0. The highest BCUT2D eigenvalue weighted by Gasteiger charge is 2.25. The van der Waals surface area contributed by atoms with Crippen LogP contribution in [0.3, 0.4) is 0 Å². The summed E-state index contributed by atoms with van der Waals surface area (Å²) in [5, 5.41) is 4.57. The zero-order valence-electron chi connectivity index (χ0n) is 30.8. The largest absolute Gasteiger partial charge is 0.309 e. The molecule has 8 aromatic carbocycles. The van der Waals surface area contributed by atoms with Gasteiger partial charge in [-0.1, -0.05) is 146 Å². The molecule has 0 amide bonds. The quantitative estimate of drug-likeness (QED) is 0.164. The molecule has 0 bridgehead atoms. The van der Waals surface area contributed by atoms with Crippen LogP contribution in [-0.4, -0.2) is 24.1 Å².